The largest absolute Gasteiger partial charge is 0.311 e. The van der Waals surface area contributed by atoms with Crippen molar-refractivity contribution >= 4 is 17.7 Å². The van der Waals surface area contributed by atoms with Gasteiger partial charge in [0.15, 0.2) is 0 Å². The molecule has 2 saturated carbocycles. The monoisotopic (exact) mass is 331 g/mol. The van der Waals surface area contributed by atoms with E-state index in [0.717, 1.165) is 17.6 Å². The van der Waals surface area contributed by atoms with Gasteiger partial charge in [-0.25, -0.2) is 0 Å². The van der Waals surface area contributed by atoms with E-state index in [-0.39, 0.29) is 0 Å². The van der Waals surface area contributed by atoms with Crippen molar-refractivity contribution in [1.29, 1.82) is 0 Å². The Morgan fingerprint density at radius 1 is 0.957 bits per heavy atom. The first-order chi connectivity index (χ1) is 11.3. The van der Waals surface area contributed by atoms with E-state index in [9.17, 15) is 0 Å². The molecule has 2 aliphatic rings. The normalized spacial score (nSPS) is 21.1. The van der Waals surface area contributed by atoms with E-state index in [1.54, 1.807) is 0 Å². The van der Waals surface area contributed by atoms with Gasteiger partial charge in [0.2, 0.25) is 0 Å². The highest BCUT2D eigenvalue weighted by atomic mass is 35.5. The molecule has 0 aromatic heterocycles. The SMILES string of the molecule is Clc1cc(/C=C\CNC2CCCCC2)ccc1C1CCCCC1. The Balaban J connectivity index is 1.51. The fraction of sp³-hybridized carbons (Fsp3) is 0.619. The van der Waals surface area contributed by atoms with E-state index < -0.39 is 0 Å². The summed E-state index contributed by atoms with van der Waals surface area (Å²) < 4.78 is 0. The Hall–Kier alpha value is -0.790. The van der Waals surface area contributed by atoms with Crippen molar-refractivity contribution < 1.29 is 0 Å². The maximum atomic E-state index is 6.55. The molecule has 23 heavy (non-hydrogen) atoms. The van der Waals surface area contributed by atoms with Crippen LogP contribution in [0.15, 0.2) is 24.3 Å². The van der Waals surface area contributed by atoms with Crippen LogP contribution in [0.3, 0.4) is 0 Å². The average Bonchev–Trinajstić information content (AvgIpc) is 2.60. The van der Waals surface area contributed by atoms with Gasteiger partial charge >= 0.3 is 0 Å². The van der Waals surface area contributed by atoms with Crippen LogP contribution < -0.4 is 5.32 Å². The highest BCUT2D eigenvalue weighted by Crippen LogP contribution is 2.36. The van der Waals surface area contributed by atoms with Gasteiger partial charge in [-0.1, -0.05) is 74.4 Å². The molecule has 2 fully saturated rings. The van der Waals surface area contributed by atoms with Crippen molar-refractivity contribution in [3.05, 3.63) is 40.4 Å². The number of nitrogens with one attached hydrogen (secondary N) is 1. The minimum absolute atomic E-state index is 0.683. The summed E-state index contributed by atoms with van der Waals surface area (Å²) in [7, 11) is 0. The van der Waals surface area contributed by atoms with E-state index in [2.05, 4.69) is 35.7 Å². The Kier molecular flexibility index (Phi) is 6.59. The van der Waals surface area contributed by atoms with Gasteiger partial charge in [-0.2, -0.15) is 0 Å². The van der Waals surface area contributed by atoms with Gasteiger partial charge in [-0.15, -0.1) is 0 Å². The summed E-state index contributed by atoms with van der Waals surface area (Å²) in [5.41, 5.74) is 2.59. The van der Waals surface area contributed by atoms with Crippen LogP contribution in [-0.4, -0.2) is 12.6 Å². The van der Waals surface area contributed by atoms with Crippen LogP contribution in [-0.2, 0) is 0 Å². The third-order valence-corrected chi connectivity index (χ3v) is 5.84. The highest BCUT2D eigenvalue weighted by Gasteiger charge is 2.17. The van der Waals surface area contributed by atoms with Crippen molar-refractivity contribution in [2.24, 2.45) is 0 Å². The molecule has 0 bridgehead atoms. The number of halogens is 1. The lowest BCUT2D eigenvalue weighted by Gasteiger charge is -2.23. The van der Waals surface area contributed by atoms with E-state index in [1.807, 2.05) is 0 Å². The predicted octanol–water partition coefficient (Wildman–Crippen LogP) is 6.32. The van der Waals surface area contributed by atoms with Gasteiger partial charge in [0.1, 0.15) is 0 Å². The van der Waals surface area contributed by atoms with E-state index in [1.165, 1.54) is 75.3 Å². The average molecular weight is 332 g/mol. The molecule has 126 valence electrons. The van der Waals surface area contributed by atoms with Gasteiger partial charge in [-0.05, 0) is 48.8 Å². The molecule has 0 heterocycles. The maximum Gasteiger partial charge on any atom is 0.0446 e. The number of hydrogen-bond acceptors (Lipinski definition) is 1. The van der Waals surface area contributed by atoms with Gasteiger partial charge < -0.3 is 5.32 Å². The molecule has 0 aliphatic heterocycles. The third kappa shape index (κ3) is 5.09. The lowest BCUT2D eigenvalue weighted by atomic mass is 9.84. The Labute approximate surface area is 146 Å². The zero-order valence-corrected chi connectivity index (χ0v) is 15.0. The summed E-state index contributed by atoms with van der Waals surface area (Å²) in [5, 5.41) is 4.61. The molecular weight excluding hydrogens is 302 g/mol. The second-order valence-corrected chi connectivity index (χ2v) is 7.67. The first-order valence-electron chi connectivity index (χ1n) is 9.52. The molecule has 0 saturated heterocycles. The van der Waals surface area contributed by atoms with Gasteiger partial charge in [0, 0.05) is 17.6 Å². The first kappa shape index (κ1) is 17.0. The second kappa shape index (κ2) is 8.89. The van der Waals surface area contributed by atoms with Crippen LogP contribution in [0.5, 0.6) is 0 Å². The second-order valence-electron chi connectivity index (χ2n) is 7.26. The molecule has 0 unspecified atom stereocenters. The number of hydrogen-bond donors (Lipinski definition) is 1. The van der Waals surface area contributed by atoms with Crippen molar-refractivity contribution in [3.63, 3.8) is 0 Å². The molecule has 1 aromatic rings. The van der Waals surface area contributed by atoms with Crippen LogP contribution in [0.2, 0.25) is 5.02 Å². The summed E-state index contributed by atoms with van der Waals surface area (Å²) in [5.74, 6) is 0.683. The molecule has 1 aromatic carbocycles. The van der Waals surface area contributed by atoms with Crippen LogP contribution in [0.4, 0.5) is 0 Å². The molecular formula is C21H30ClN. The van der Waals surface area contributed by atoms with E-state index >= 15 is 0 Å². The predicted molar refractivity (Wildman–Crippen MR) is 101 cm³/mol. The van der Waals surface area contributed by atoms with Crippen LogP contribution in [0.1, 0.15) is 81.3 Å². The van der Waals surface area contributed by atoms with Crippen LogP contribution >= 0.6 is 11.6 Å². The maximum absolute atomic E-state index is 6.55. The van der Waals surface area contributed by atoms with Gasteiger partial charge in [0.05, 0.1) is 0 Å². The molecule has 0 amide bonds. The molecule has 0 atom stereocenters. The fourth-order valence-corrected chi connectivity index (χ4v) is 4.47. The molecule has 2 aliphatic carbocycles. The van der Waals surface area contributed by atoms with Crippen LogP contribution in [0, 0.1) is 0 Å². The molecule has 3 rings (SSSR count). The van der Waals surface area contributed by atoms with Crippen molar-refractivity contribution in [2.45, 2.75) is 76.2 Å². The van der Waals surface area contributed by atoms with Gasteiger partial charge in [0.25, 0.3) is 0 Å². The standard InChI is InChI=1S/C21H30ClN/c22-21-16-17(8-7-15-23-19-11-5-2-6-12-19)13-14-20(21)18-9-3-1-4-10-18/h7-8,13-14,16,18-19,23H,1-6,9-12,15H2/b8-7-. The minimum Gasteiger partial charge on any atom is -0.311 e. The number of rotatable bonds is 5. The summed E-state index contributed by atoms with van der Waals surface area (Å²) >= 11 is 6.55. The summed E-state index contributed by atoms with van der Waals surface area (Å²) in [6.07, 6.45) is 18.0. The number of benzene rings is 1. The quantitative estimate of drug-likeness (QED) is 0.665. The smallest absolute Gasteiger partial charge is 0.0446 e. The first-order valence-corrected chi connectivity index (χ1v) is 9.90. The summed E-state index contributed by atoms with van der Waals surface area (Å²) in [6, 6.07) is 7.35. The van der Waals surface area contributed by atoms with Crippen LogP contribution in [0.25, 0.3) is 6.08 Å². The molecule has 1 nitrogen and oxygen atoms in total. The van der Waals surface area contributed by atoms with Crippen molar-refractivity contribution in [3.8, 4) is 0 Å². The lowest BCUT2D eigenvalue weighted by molar-refractivity contribution is 0.385. The van der Waals surface area contributed by atoms with E-state index in [0.29, 0.717) is 5.92 Å². The molecule has 2 heteroatoms. The zero-order valence-electron chi connectivity index (χ0n) is 14.2. The van der Waals surface area contributed by atoms with Crippen molar-refractivity contribution in [1.82, 2.24) is 5.32 Å². The molecule has 0 radical (unpaired) electrons. The Morgan fingerprint density at radius 2 is 1.65 bits per heavy atom. The van der Waals surface area contributed by atoms with E-state index in [4.69, 9.17) is 11.6 Å². The third-order valence-electron chi connectivity index (χ3n) is 5.51. The minimum atomic E-state index is 0.683. The Bertz CT molecular complexity index is 511. The highest BCUT2D eigenvalue weighted by molar-refractivity contribution is 6.31. The molecule has 0 spiro atoms. The Morgan fingerprint density at radius 3 is 2.35 bits per heavy atom. The summed E-state index contributed by atoms with van der Waals surface area (Å²) in [4.78, 5) is 0. The zero-order chi connectivity index (χ0) is 15.9. The lowest BCUT2D eigenvalue weighted by Crippen LogP contribution is -2.30. The van der Waals surface area contributed by atoms with Gasteiger partial charge in [-0.3, -0.25) is 0 Å². The fourth-order valence-electron chi connectivity index (χ4n) is 4.13. The summed E-state index contributed by atoms with van der Waals surface area (Å²) in [6.45, 7) is 0.965. The van der Waals surface area contributed by atoms with Crippen molar-refractivity contribution in [2.75, 3.05) is 6.54 Å². The molecule has 1 N–H and O–H groups in total. The topological polar surface area (TPSA) is 12.0 Å².